The van der Waals surface area contributed by atoms with Crippen LogP contribution in [0.4, 0.5) is 4.79 Å². The van der Waals surface area contributed by atoms with Gasteiger partial charge in [0.15, 0.2) is 11.4 Å². The van der Waals surface area contributed by atoms with Crippen LogP contribution in [0.3, 0.4) is 0 Å². The number of carbonyl (C=O) groups is 3. The second kappa shape index (κ2) is 11.5. The van der Waals surface area contributed by atoms with Crippen LogP contribution in [0.2, 0.25) is 5.15 Å². The number of alkyl carbamates (subject to hydrolysis) is 1. The van der Waals surface area contributed by atoms with E-state index in [0.717, 1.165) is 12.8 Å². The van der Waals surface area contributed by atoms with Crippen molar-refractivity contribution in [2.45, 2.75) is 64.0 Å². The van der Waals surface area contributed by atoms with E-state index in [1.54, 1.807) is 37.5 Å². The van der Waals surface area contributed by atoms with Gasteiger partial charge in [-0.05, 0) is 44.9 Å². The van der Waals surface area contributed by atoms with Gasteiger partial charge in [-0.3, -0.25) is 9.59 Å². The number of ether oxygens (including phenoxy) is 1. The number of nitrogens with zero attached hydrogens (tertiary/aromatic N) is 2. The molecule has 0 unspecified atom stereocenters. The Morgan fingerprint density at radius 1 is 1.21 bits per heavy atom. The van der Waals surface area contributed by atoms with E-state index in [1.807, 2.05) is 11.6 Å². The van der Waals surface area contributed by atoms with Crippen LogP contribution in [0.15, 0.2) is 29.2 Å². The molecule has 0 radical (unpaired) electrons. The fourth-order valence-corrected chi connectivity index (χ4v) is 4.19. The van der Waals surface area contributed by atoms with Crippen LogP contribution in [-0.2, 0) is 32.5 Å². The lowest BCUT2D eigenvalue weighted by atomic mass is 10.2. The molecule has 1 aromatic carbocycles. The van der Waals surface area contributed by atoms with Crippen LogP contribution in [0, 0.1) is 0 Å². The van der Waals surface area contributed by atoms with Crippen molar-refractivity contribution in [3.63, 3.8) is 0 Å². The third-order valence-corrected chi connectivity index (χ3v) is 6.19. The molecule has 34 heavy (non-hydrogen) atoms. The Balaban J connectivity index is 2.07. The number of aldehydes is 1. The highest BCUT2D eigenvalue weighted by Gasteiger charge is 2.21. The lowest BCUT2D eigenvalue weighted by Crippen LogP contribution is -2.41. The molecule has 0 bridgehead atoms. The molecule has 12 heteroatoms. The molecular weight excluding hydrogens is 484 g/mol. The summed E-state index contributed by atoms with van der Waals surface area (Å²) in [4.78, 5) is 39.2. The molecular formula is C22H29ClN4O6S. The van der Waals surface area contributed by atoms with Gasteiger partial charge in [0.2, 0.25) is 0 Å². The van der Waals surface area contributed by atoms with Crippen molar-refractivity contribution in [1.29, 1.82) is 0 Å². The first kappa shape index (κ1) is 27.3. The highest BCUT2D eigenvalue weighted by Crippen LogP contribution is 2.20. The van der Waals surface area contributed by atoms with Gasteiger partial charge in [-0.25, -0.2) is 22.9 Å². The maximum absolute atomic E-state index is 12.5. The van der Waals surface area contributed by atoms with E-state index in [-0.39, 0.29) is 22.3 Å². The van der Waals surface area contributed by atoms with Crippen LogP contribution in [0.5, 0.6) is 0 Å². The summed E-state index contributed by atoms with van der Waals surface area (Å²) >= 11 is 6.09. The first-order chi connectivity index (χ1) is 15.9. The minimum absolute atomic E-state index is 0.128. The number of carbonyl (C=O) groups excluding carboxylic acids is 3. The van der Waals surface area contributed by atoms with Gasteiger partial charge in [-0.1, -0.05) is 37.1 Å². The quantitative estimate of drug-likeness (QED) is 0.467. The number of hydrogen-bond acceptors (Lipinski definition) is 7. The van der Waals surface area contributed by atoms with E-state index in [4.69, 9.17) is 16.3 Å². The Kier molecular flexibility index (Phi) is 9.22. The molecule has 0 spiro atoms. The summed E-state index contributed by atoms with van der Waals surface area (Å²) in [6.45, 7) is 6.73. The highest BCUT2D eigenvalue weighted by atomic mass is 35.5. The minimum Gasteiger partial charge on any atom is -0.444 e. The molecule has 2 amide bonds. The number of imidazole rings is 1. The van der Waals surface area contributed by atoms with Gasteiger partial charge >= 0.3 is 6.09 Å². The lowest BCUT2D eigenvalue weighted by molar-refractivity contribution is -0.118. The van der Waals surface area contributed by atoms with Gasteiger partial charge in [0.05, 0.1) is 4.90 Å². The third kappa shape index (κ3) is 7.84. The van der Waals surface area contributed by atoms with Crippen molar-refractivity contribution >= 4 is 39.9 Å². The molecule has 1 aromatic heterocycles. The number of rotatable bonds is 10. The number of benzene rings is 1. The maximum atomic E-state index is 12.5. The monoisotopic (exact) mass is 512 g/mol. The van der Waals surface area contributed by atoms with E-state index in [9.17, 15) is 22.8 Å². The van der Waals surface area contributed by atoms with E-state index in [1.165, 1.54) is 12.1 Å². The summed E-state index contributed by atoms with van der Waals surface area (Å²) in [6, 6.07) is 5.84. The maximum Gasteiger partial charge on any atom is 0.408 e. The molecule has 0 aliphatic heterocycles. The number of aryl methyl sites for hydroxylation is 1. The molecule has 0 aliphatic rings. The van der Waals surface area contributed by atoms with Crippen LogP contribution in [0.1, 0.15) is 62.4 Å². The Morgan fingerprint density at radius 3 is 2.41 bits per heavy atom. The van der Waals surface area contributed by atoms with E-state index in [0.29, 0.717) is 24.1 Å². The van der Waals surface area contributed by atoms with Crippen molar-refractivity contribution in [3.05, 3.63) is 46.5 Å². The van der Waals surface area contributed by atoms with Gasteiger partial charge in [0, 0.05) is 13.0 Å². The number of nitrogens with one attached hydrogen (secondary N) is 2. The molecule has 186 valence electrons. The molecule has 1 heterocycles. The van der Waals surface area contributed by atoms with Crippen LogP contribution >= 0.6 is 11.6 Å². The van der Waals surface area contributed by atoms with Crippen LogP contribution < -0.4 is 10.0 Å². The number of aromatic nitrogens is 2. The first-order valence-electron chi connectivity index (χ1n) is 10.7. The molecule has 0 atom stereocenters. The van der Waals surface area contributed by atoms with Gasteiger partial charge in [0.1, 0.15) is 23.7 Å². The van der Waals surface area contributed by atoms with E-state index in [2.05, 4.69) is 10.3 Å². The number of unbranched alkanes of at least 4 members (excludes halogenated alkanes) is 1. The predicted molar refractivity (Wildman–Crippen MR) is 126 cm³/mol. The normalized spacial score (nSPS) is 11.7. The van der Waals surface area contributed by atoms with Gasteiger partial charge < -0.3 is 14.6 Å². The number of amides is 2. The van der Waals surface area contributed by atoms with Gasteiger partial charge in [-0.2, -0.15) is 0 Å². The smallest absolute Gasteiger partial charge is 0.408 e. The summed E-state index contributed by atoms with van der Waals surface area (Å²) in [6.07, 6.45) is 2.29. The van der Waals surface area contributed by atoms with Crippen molar-refractivity contribution in [1.82, 2.24) is 19.6 Å². The predicted octanol–water partition coefficient (Wildman–Crippen LogP) is 3.07. The lowest BCUT2D eigenvalue weighted by Gasteiger charge is -2.19. The Labute approximate surface area is 204 Å². The van der Waals surface area contributed by atoms with E-state index >= 15 is 0 Å². The largest absolute Gasteiger partial charge is 0.444 e. The number of hydrogen-bond donors (Lipinski definition) is 2. The Morgan fingerprint density at radius 2 is 1.85 bits per heavy atom. The summed E-state index contributed by atoms with van der Waals surface area (Å²) in [5.74, 6) is -0.241. The van der Waals surface area contributed by atoms with E-state index < -0.39 is 34.2 Å². The second-order valence-corrected chi connectivity index (χ2v) is 10.6. The zero-order valence-electron chi connectivity index (χ0n) is 19.6. The van der Waals surface area contributed by atoms with Crippen LogP contribution in [-0.4, -0.2) is 48.4 Å². The standard InChI is InChI=1S/C22H29ClN4O6S/c1-5-6-7-18-25-20(23)17(14-28)27(18)13-15-8-10-16(11-9-15)34(31,32)26-19(29)12-24-21(30)33-22(2,3)4/h8-11,14H,5-7,12-13H2,1-4H3,(H,24,30)(H,26,29). The summed E-state index contributed by atoms with van der Waals surface area (Å²) in [7, 11) is -4.15. The molecule has 10 nitrogen and oxygen atoms in total. The molecule has 0 saturated heterocycles. The van der Waals surface area contributed by atoms with Crippen molar-refractivity contribution in [3.8, 4) is 0 Å². The summed E-state index contributed by atoms with van der Waals surface area (Å²) < 4.78 is 33.6. The zero-order valence-corrected chi connectivity index (χ0v) is 21.1. The molecule has 0 fully saturated rings. The van der Waals surface area contributed by atoms with Crippen molar-refractivity contribution in [2.24, 2.45) is 0 Å². The average Bonchev–Trinajstić information content (AvgIpc) is 3.03. The minimum atomic E-state index is -4.15. The third-order valence-electron chi connectivity index (χ3n) is 4.52. The Bertz CT molecular complexity index is 1140. The summed E-state index contributed by atoms with van der Waals surface area (Å²) in [5.41, 5.74) is 0.223. The average molecular weight is 513 g/mol. The van der Waals surface area contributed by atoms with Gasteiger partial charge in [-0.15, -0.1) is 0 Å². The second-order valence-electron chi connectivity index (χ2n) is 8.54. The molecule has 0 aliphatic carbocycles. The van der Waals surface area contributed by atoms with Crippen LogP contribution in [0.25, 0.3) is 0 Å². The highest BCUT2D eigenvalue weighted by molar-refractivity contribution is 7.90. The number of sulfonamides is 1. The topological polar surface area (TPSA) is 136 Å². The summed E-state index contributed by atoms with van der Waals surface area (Å²) in [5, 5.41) is 2.32. The molecule has 2 N–H and O–H groups in total. The number of halogens is 1. The van der Waals surface area contributed by atoms with Crippen molar-refractivity contribution < 1.29 is 27.5 Å². The fraction of sp³-hybridized carbons (Fsp3) is 0.455. The molecule has 2 rings (SSSR count). The molecule has 2 aromatic rings. The SMILES string of the molecule is CCCCc1nc(Cl)c(C=O)n1Cc1ccc(S(=O)(=O)NC(=O)CNC(=O)OC(C)(C)C)cc1. The Hall–Kier alpha value is -2.92. The van der Waals surface area contributed by atoms with Gasteiger partial charge in [0.25, 0.3) is 15.9 Å². The first-order valence-corrected chi connectivity index (χ1v) is 12.5. The zero-order chi connectivity index (χ0) is 25.5. The molecule has 0 saturated carbocycles. The van der Waals surface area contributed by atoms with Crippen molar-refractivity contribution in [2.75, 3.05) is 6.54 Å². The fourth-order valence-electron chi connectivity index (χ4n) is 2.96.